The molecule has 2 fully saturated rings. The third-order valence-corrected chi connectivity index (χ3v) is 5.64. The van der Waals surface area contributed by atoms with Crippen molar-refractivity contribution in [2.24, 2.45) is 11.8 Å². The second kappa shape index (κ2) is 6.74. The van der Waals surface area contributed by atoms with Gasteiger partial charge < -0.3 is 4.74 Å². The fourth-order valence-corrected chi connectivity index (χ4v) is 4.41. The van der Waals surface area contributed by atoms with Crippen molar-refractivity contribution in [2.45, 2.75) is 83.3 Å². The van der Waals surface area contributed by atoms with Gasteiger partial charge in [-0.15, -0.1) is 0 Å². The highest BCUT2D eigenvalue weighted by Crippen LogP contribution is 2.43. The van der Waals surface area contributed by atoms with E-state index in [2.05, 4.69) is 29.8 Å². The van der Waals surface area contributed by atoms with E-state index in [0.717, 1.165) is 17.2 Å². The quantitative estimate of drug-likeness (QED) is 0.624. The van der Waals surface area contributed by atoms with E-state index in [0.29, 0.717) is 11.7 Å². The van der Waals surface area contributed by atoms with Crippen molar-refractivity contribution in [3.05, 3.63) is 0 Å². The molecular formula is C16H29BrO. The fraction of sp³-hybridized carbons (Fsp3) is 1.00. The predicted molar refractivity (Wildman–Crippen MR) is 81.3 cm³/mol. The summed E-state index contributed by atoms with van der Waals surface area (Å²) in [5, 5.41) is 1.14. The van der Waals surface area contributed by atoms with Gasteiger partial charge in [-0.2, -0.15) is 0 Å². The van der Waals surface area contributed by atoms with Crippen LogP contribution in [0, 0.1) is 11.8 Å². The number of alkyl halides is 1. The van der Waals surface area contributed by atoms with Crippen LogP contribution in [0.2, 0.25) is 0 Å². The van der Waals surface area contributed by atoms with E-state index in [-0.39, 0.29) is 0 Å². The van der Waals surface area contributed by atoms with Crippen LogP contribution in [0.15, 0.2) is 0 Å². The highest BCUT2D eigenvalue weighted by Gasteiger charge is 2.41. The largest absolute Gasteiger partial charge is 0.372 e. The van der Waals surface area contributed by atoms with Gasteiger partial charge in [-0.3, -0.25) is 0 Å². The summed E-state index contributed by atoms with van der Waals surface area (Å²) in [4.78, 5) is 0. The van der Waals surface area contributed by atoms with Crippen molar-refractivity contribution < 1.29 is 4.74 Å². The molecule has 0 N–H and O–H groups in total. The first kappa shape index (κ1) is 14.8. The number of ether oxygens (including phenoxy) is 1. The SMILES string of the molecule is CC(C)CC(CBr)CC1CCC2(CCCCC2)O1. The maximum Gasteiger partial charge on any atom is 0.0687 e. The van der Waals surface area contributed by atoms with Crippen LogP contribution in [0.25, 0.3) is 0 Å². The summed E-state index contributed by atoms with van der Waals surface area (Å²) in [6.07, 6.45) is 12.6. The van der Waals surface area contributed by atoms with Crippen LogP contribution in [0.4, 0.5) is 0 Å². The molecule has 0 amide bonds. The number of hydrogen-bond donors (Lipinski definition) is 0. The van der Waals surface area contributed by atoms with Gasteiger partial charge in [-0.25, -0.2) is 0 Å². The summed E-state index contributed by atoms with van der Waals surface area (Å²) in [5.74, 6) is 1.60. The molecule has 106 valence electrons. The van der Waals surface area contributed by atoms with E-state index in [9.17, 15) is 0 Å². The third-order valence-electron chi connectivity index (χ3n) is 4.72. The lowest BCUT2D eigenvalue weighted by Crippen LogP contribution is -2.32. The Bertz CT molecular complexity index is 245. The molecule has 1 saturated heterocycles. The molecule has 0 aromatic rings. The Morgan fingerprint density at radius 3 is 2.50 bits per heavy atom. The molecule has 1 aliphatic carbocycles. The van der Waals surface area contributed by atoms with Crippen molar-refractivity contribution in [1.82, 2.24) is 0 Å². The second-order valence-corrected chi connectivity index (χ2v) is 7.56. The second-order valence-electron chi connectivity index (χ2n) is 6.91. The van der Waals surface area contributed by atoms with E-state index in [4.69, 9.17) is 4.74 Å². The molecule has 0 aromatic carbocycles. The Kier molecular flexibility index (Phi) is 5.56. The van der Waals surface area contributed by atoms with Crippen LogP contribution >= 0.6 is 15.9 Å². The number of rotatable bonds is 5. The molecule has 1 nitrogen and oxygen atoms in total. The van der Waals surface area contributed by atoms with Crippen molar-refractivity contribution in [3.8, 4) is 0 Å². The maximum atomic E-state index is 6.48. The summed E-state index contributed by atoms with van der Waals surface area (Å²) in [6.45, 7) is 4.65. The molecule has 0 bridgehead atoms. The van der Waals surface area contributed by atoms with Gasteiger partial charge in [-0.1, -0.05) is 49.0 Å². The van der Waals surface area contributed by atoms with E-state index >= 15 is 0 Å². The first-order valence-electron chi connectivity index (χ1n) is 7.87. The predicted octanol–water partition coefficient (Wildman–Crippen LogP) is 5.32. The average Bonchev–Trinajstić information content (AvgIpc) is 2.71. The molecule has 2 unspecified atom stereocenters. The molecule has 1 spiro atoms. The molecule has 2 atom stereocenters. The van der Waals surface area contributed by atoms with Gasteiger partial charge in [0.05, 0.1) is 11.7 Å². The first-order valence-corrected chi connectivity index (χ1v) is 8.99. The highest BCUT2D eigenvalue weighted by atomic mass is 79.9. The third kappa shape index (κ3) is 3.96. The Morgan fingerprint density at radius 2 is 1.89 bits per heavy atom. The summed E-state index contributed by atoms with van der Waals surface area (Å²) in [7, 11) is 0. The zero-order chi connectivity index (χ0) is 13.0. The molecule has 2 aliphatic rings. The lowest BCUT2D eigenvalue weighted by Gasteiger charge is -2.34. The standard InChI is InChI=1S/C16H29BrO/c1-13(2)10-14(12-17)11-15-6-9-16(18-15)7-4-3-5-8-16/h13-15H,3-12H2,1-2H3. The summed E-state index contributed by atoms with van der Waals surface area (Å²) >= 11 is 3.68. The summed E-state index contributed by atoms with van der Waals surface area (Å²) in [5.41, 5.74) is 0.303. The number of halogens is 1. The minimum atomic E-state index is 0.303. The average molecular weight is 317 g/mol. The topological polar surface area (TPSA) is 9.23 Å². The van der Waals surface area contributed by atoms with Crippen LogP contribution in [-0.2, 0) is 4.74 Å². The monoisotopic (exact) mass is 316 g/mol. The zero-order valence-corrected chi connectivity index (χ0v) is 13.7. The smallest absolute Gasteiger partial charge is 0.0687 e. The molecule has 2 heteroatoms. The van der Waals surface area contributed by atoms with Gasteiger partial charge in [0.15, 0.2) is 0 Å². The summed E-state index contributed by atoms with van der Waals surface area (Å²) < 4.78 is 6.48. The van der Waals surface area contributed by atoms with Crippen molar-refractivity contribution >= 4 is 15.9 Å². The number of hydrogen-bond acceptors (Lipinski definition) is 1. The molecule has 18 heavy (non-hydrogen) atoms. The van der Waals surface area contributed by atoms with E-state index in [1.165, 1.54) is 57.8 Å². The lowest BCUT2D eigenvalue weighted by molar-refractivity contribution is -0.0695. The normalized spacial score (nSPS) is 29.0. The molecular weight excluding hydrogens is 288 g/mol. The van der Waals surface area contributed by atoms with Crippen LogP contribution in [0.3, 0.4) is 0 Å². The zero-order valence-electron chi connectivity index (χ0n) is 12.1. The van der Waals surface area contributed by atoms with Gasteiger partial charge >= 0.3 is 0 Å². The van der Waals surface area contributed by atoms with E-state index in [1.807, 2.05) is 0 Å². The minimum Gasteiger partial charge on any atom is -0.372 e. The Morgan fingerprint density at radius 1 is 1.17 bits per heavy atom. The van der Waals surface area contributed by atoms with Gasteiger partial charge in [0.1, 0.15) is 0 Å². The molecule has 2 rings (SSSR count). The van der Waals surface area contributed by atoms with Crippen LogP contribution < -0.4 is 0 Å². The van der Waals surface area contributed by atoms with Crippen LogP contribution in [0.5, 0.6) is 0 Å². The maximum absolute atomic E-state index is 6.48. The van der Waals surface area contributed by atoms with E-state index < -0.39 is 0 Å². The Labute approximate surface area is 121 Å². The molecule has 1 heterocycles. The molecule has 0 aromatic heterocycles. The highest BCUT2D eigenvalue weighted by molar-refractivity contribution is 9.09. The minimum absolute atomic E-state index is 0.303. The van der Waals surface area contributed by atoms with Crippen molar-refractivity contribution in [2.75, 3.05) is 5.33 Å². The molecule has 1 aliphatic heterocycles. The Hall–Kier alpha value is 0.440. The van der Waals surface area contributed by atoms with Crippen molar-refractivity contribution in [1.29, 1.82) is 0 Å². The molecule has 1 saturated carbocycles. The summed E-state index contributed by atoms with van der Waals surface area (Å²) in [6, 6.07) is 0. The lowest BCUT2D eigenvalue weighted by atomic mass is 9.83. The van der Waals surface area contributed by atoms with Crippen LogP contribution in [-0.4, -0.2) is 17.0 Å². The van der Waals surface area contributed by atoms with E-state index in [1.54, 1.807) is 0 Å². The van der Waals surface area contributed by atoms with Gasteiger partial charge in [-0.05, 0) is 50.4 Å². The van der Waals surface area contributed by atoms with Crippen molar-refractivity contribution in [3.63, 3.8) is 0 Å². The van der Waals surface area contributed by atoms with Crippen LogP contribution in [0.1, 0.15) is 71.6 Å². The molecule has 0 radical (unpaired) electrons. The Balaban J connectivity index is 1.80. The van der Waals surface area contributed by atoms with Gasteiger partial charge in [0, 0.05) is 5.33 Å². The fourth-order valence-electron chi connectivity index (χ4n) is 3.89. The van der Waals surface area contributed by atoms with Gasteiger partial charge in [0.25, 0.3) is 0 Å². The first-order chi connectivity index (χ1) is 8.63. The van der Waals surface area contributed by atoms with Gasteiger partial charge in [0.2, 0.25) is 0 Å².